The minimum Gasteiger partial charge on any atom is -0.353 e. The average Bonchev–Trinajstić information content (AvgIpc) is 2.86. The lowest BCUT2D eigenvalue weighted by Crippen LogP contribution is -2.37. The van der Waals surface area contributed by atoms with Gasteiger partial charge in [0.15, 0.2) is 0 Å². The molecule has 1 saturated carbocycles. The van der Waals surface area contributed by atoms with Gasteiger partial charge in [-0.3, -0.25) is 9.89 Å². The molecule has 1 amide bonds. The van der Waals surface area contributed by atoms with E-state index in [9.17, 15) is 4.79 Å². The van der Waals surface area contributed by atoms with Crippen molar-refractivity contribution in [3.8, 4) is 0 Å². The number of rotatable bonds is 6. The van der Waals surface area contributed by atoms with E-state index in [1.165, 1.54) is 31.0 Å². The number of aromatic amines is 1. The van der Waals surface area contributed by atoms with Gasteiger partial charge in [-0.25, -0.2) is 4.98 Å². The Morgan fingerprint density at radius 2 is 2.21 bits per heavy atom. The molecule has 0 saturated heterocycles. The van der Waals surface area contributed by atoms with Gasteiger partial charge in [-0.1, -0.05) is 37.9 Å². The molecule has 0 aliphatic heterocycles. The minimum absolute atomic E-state index is 0.0961. The van der Waals surface area contributed by atoms with Crippen LogP contribution in [-0.2, 0) is 11.2 Å². The number of carbonyl (C=O) groups excluding carboxylic acids is 1. The molecule has 1 aliphatic rings. The lowest BCUT2D eigenvalue weighted by atomic mass is 9.95. The van der Waals surface area contributed by atoms with E-state index in [1.54, 1.807) is 0 Å². The van der Waals surface area contributed by atoms with Crippen molar-refractivity contribution >= 4 is 17.7 Å². The highest BCUT2D eigenvalue weighted by molar-refractivity contribution is 7.99. The summed E-state index contributed by atoms with van der Waals surface area (Å²) >= 11 is 1.40. The average molecular weight is 282 g/mol. The largest absolute Gasteiger partial charge is 0.353 e. The second-order valence-corrected chi connectivity index (χ2v) is 5.95. The van der Waals surface area contributed by atoms with Gasteiger partial charge in [-0.05, 0) is 19.3 Å². The lowest BCUT2D eigenvalue weighted by molar-refractivity contribution is -0.119. The van der Waals surface area contributed by atoms with E-state index >= 15 is 0 Å². The van der Waals surface area contributed by atoms with Crippen molar-refractivity contribution in [2.45, 2.75) is 63.1 Å². The van der Waals surface area contributed by atoms with Crippen molar-refractivity contribution in [1.82, 2.24) is 20.5 Å². The molecule has 5 nitrogen and oxygen atoms in total. The SMILES string of the molecule is CCCc1nc(SCC(=O)NC2CCCCC2)n[nH]1. The van der Waals surface area contributed by atoms with E-state index in [1.807, 2.05) is 0 Å². The van der Waals surface area contributed by atoms with Crippen molar-refractivity contribution in [3.05, 3.63) is 5.82 Å². The van der Waals surface area contributed by atoms with Crippen LogP contribution in [-0.4, -0.2) is 32.9 Å². The Labute approximate surface area is 118 Å². The van der Waals surface area contributed by atoms with Crippen LogP contribution in [0.5, 0.6) is 0 Å². The molecule has 2 rings (SSSR count). The molecule has 1 aromatic heterocycles. The van der Waals surface area contributed by atoms with Gasteiger partial charge in [-0.15, -0.1) is 5.10 Å². The second-order valence-electron chi connectivity index (χ2n) is 5.01. The van der Waals surface area contributed by atoms with Crippen LogP contribution in [0.1, 0.15) is 51.3 Å². The number of hydrogen-bond acceptors (Lipinski definition) is 4. The van der Waals surface area contributed by atoms with Gasteiger partial charge in [0, 0.05) is 12.5 Å². The summed E-state index contributed by atoms with van der Waals surface area (Å²) in [6.45, 7) is 2.10. The van der Waals surface area contributed by atoms with Crippen molar-refractivity contribution in [3.63, 3.8) is 0 Å². The summed E-state index contributed by atoms with van der Waals surface area (Å²) < 4.78 is 0. The lowest BCUT2D eigenvalue weighted by Gasteiger charge is -2.22. The van der Waals surface area contributed by atoms with Gasteiger partial charge in [0.1, 0.15) is 5.82 Å². The van der Waals surface area contributed by atoms with Gasteiger partial charge in [0.25, 0.3) is 0 Å². The summed E-state index contributed by atoms with van der Waals surface area (Å²) in [7, 11) is 0. The molecular formula is C13H22N4OS. The summed E-state index contributed by atoms with van der Waals surface area (Å²) in [5.74, 6) is 1.40. The Morgan fingerprint density at radius 1 is 1.42 bits per heavy atom. The molecule has 0 atom stereocenters. The third-order valence-corrected chi connectivity index (χ3v) is 4.15. The second kappa shape index (κ2) is 7.53. The number of H-pyrrole nitrogens is 1. The zero-order valence-electron chi connectivity index (χ0n) is 11.4. The van der Waals surface area contributed by atoms with Crippen LogP contribution in [0.25, 0.3) is 0 Å². The van der Waals surface area contributed by atoms with Crippen LogP contribution in [0, 0.1) is 0 Å². The van der Waals surface area contributed by atoms with Crippen LogP contribution < -0.4 is 5.32 Å². The molecule has 19 heavy (non-hydrogen) atoms. The van der Waals surface area contributed by atoms with Gasteiger partial charge in [0.2, 0.25) is 11.1 Å². The van der Waals surface area contributed by atoms with Crippen LogP contribution in [0.2, 0.25) is 0 Å². The first-order valence-corrected chi connectivity index (χ1v) is 8.10. The molecule has 0 spiro atoms. The van der Waals surface area contributed by atoms with Gasteiger partial charge in [0.05, 0.1) is 5.75 Å². The number of hydrogen-bond donors (Lipinski definition) is 2. The summed E-state index contributed by atoms with van der Waals surface area (Å²) in [5.41, 5.74) is 0. The van der Waals surface area contributed by atoms with Gasteiger partial charge in [-0.2, -0.15) is 0 Å². The van der Waals surface area contributed by atoms with Crippen LogP contribution in [0.3, 0.4) is 0 Å². The van der Waals surface area contributed by atoms with Crippen molar-refractivity contribution in [2.75, 3.05) is 5.75 Å². The predicted molar refractivity (Wildman–Crippen MR) is 76.1 cm³/mol. The quantitative estimate of drug-likeness (QED) is 0.785. The highest BCUT2D eigenvalue weighted by Gasteiger charge is 2.16. The summed E-state index contributed by atoms with van der Waals surface area (Å²) in [4.78, 5) is 16.2. The molecule has 1 heterocycles. The number of carbonyl (C=O) groups is 1. The Kier molecular flexibility index (Phi) is 5.69. The number of aryl methyl sites for hydroxylation is 1. The first-order chi connectivity index (χ1) is 9.28. The summed E-state index contributed by atoms with van der Waals surface area (Å²) in [6, 6.07) is 0.379. The molecule has 1 aliphatic carbocycles. The van der Waals surface area contributed by atoms with E-state index < -0.39 is 0 Å². The Bertz CT molecular complexity index is 401. The van der Waals surface area contributed by atoms with Crippen molar-refractivity contribution in [1.29, 1.82) is 0 Å². The number of nitrogens with zero attached hydrogens (tertiary/aromatic N) is 2. The monoisotopic (exact) mass is 282 g/mol. The zero-order valence-corrected chi connectivity index (χ0v) is 12.3. The topological polar surface area (TPSA) is 70.7 Å². The maximum atomic E-state index is 11.8. The fourth-order valence-electron chi connectivity index (χ4n) is 2.34. The molecule has 1 fully saturated rings. The van der Waals surface area contributed by atoms with Crippen LogP contribution in [0.15, 0.2) is 5.16 Å². The number of thioether (sulfide) groups is 1. The number of amides is 1. The molecule has 0 aromatic carbocycles. The Balaban J connectivity index is 1.69. The first-order valence-electron chi connectivity index (χ1n) is 7.11. The van der Waals surface area contributed by atoms with E-state index in [2.05, 4.69) is 27.4 Å². The number of nitrogens with one attached hydrogen (secondary N) is 2. The van der Waals surface area contributed by atoms with E-state index in [0.717, 1.165) is 31.5 Å². The molecule has 106 valence electrons. The molecule has 6 heteroatoms. The minimum atomic E-state index is 0.0961. The van der Waals surface area contributed by atoms with E-state index in [4.69, 9.17) is 0 Å². The van der Waals surface area contributed by atoms with Crippen molar-refractivity contribution < 1.29 is 4.79 Å². The Hall–Kier alpha value is -1.04. The van der Waals surface area contributed by atoms with Gasteiger partial charge < -0.3 is 5.32 Å². The molecule has 0 radical (unpaired) electrons. The Morgan fingerprint density at radius 3 is 2.95 bits per heavy atom. The first kappa shape index (κ1) is 14.4. The van der Waals surface area contributed by atoms with Gasteiger partial charge >= 0.3 is 0 Å². The summed E-state index contributed by atoms with van der Waals surface area (Å²) in [6.07, 6.45) is 7.97. The molecule has 0 bridgehead atoms. The molecule has 0 unspecified atom stereocenters. The molecule has 1 aromatic rings. The molecular weight excluding hydrogens is 260 g/mol. The highest BCUT2D eigenvalue weighted by Crippen LogP contribution is 2.18. The predicted octanol–water partition coefficient (Wildman–Crippen LogP) is 2.30. The third kappa shape index (κ3) is 4.86. The fraction of sp³-hybridized carbons (Fsp3) is 0.769. The maximum absolute atomic E-state index is 11.8. The normalized spacial score (nSPS) is 16.5. The number of aromatic nitrogens is 3. The smallest absolute Gasteiger partial charge is 0.230 e. The fourth-order valence-corrected chi connectivity index (χ4v) is 2.97. The van der Waals surface area contributed by atoms with Crippen molar-refractivity contribution in [2.24, 2.45) is 0 Å². The zero-order chi connectivity index (χ0) is 13.5. The van der Waals surface area contributed by atoms with E-state index in [0.29, 0.717) is 17.0 Å². The standard InChI is InChI=1S/C13H22N4OS/c1-2-6-11-15-13(17-16-11)19-9-12(18)14-10-7-4-3-5-8-10/h10H,2-9H2,1H3,(H,14,18)(H,15,16,17). The maximum Gasteiger partial charge on any atom is 0.230 e. The highest BCUT2D eigenvalue weighted by atomic mass is 32.2. The summed E-state index contributed by atoms with van der Waals surface area (Å²) in [5, 5.41) is 10.8. The van der Waals surface area contributed by atoms with Crippen LogP contribution >= 0.6 is 11.8 Å². The molecule has 2 N–H and O–H groups in total. The van der Waals surface area contributed by atoms with E-state index in [-0.39, 0.29) is 5.91 Å². The van der Waals surface area contributed by atoms with Crippen LogP contribution in [0.4, 0.5) is 0 Å². The third-order valence-electron chi connectivity index (χ3n) is 3.30.